The number of aromatic nitrogens is 1. The SMILES string of the molecule is Cc1cccc(COC2CCCC(OCCN(Cc3cccnc3)C(=O)Nc3ccc(F)cc3)C2)c1C(=O)OC(=O)C(F)(F)F. The van der Waals surface area contributed by atoms with Gasteiger partial charge in [0.05, 0.1) is 31.0 Å². The third-order valence-corrected chi connectivity index (χ3v) is 7.23. The second-order valence-corrected chi connectivity index (χ2v) is 10.6. The zero-order valence-corrected chi connectivity index (χ0v) is 24.5. The summed E-state index contributed by atoms with van der Waals surface area (Å²) in [7, 11) is 0. The lowest BCUT2D eigenvalue weighted by Gasteiger charge is -2.30. The molecule has 0 aliphatic heterocycles. The maximum absolute atomic E-state index is 13.3. The van der Waals surface area contributed by atoms with Crippen molar-refractivity contribution in [3.8, 4) is 0 Å². The zero-order valence-electron chi connectivity index (χ0n) is 24.5. The number of esters is 2. The van der Waals surface area contributed by atoms with Gasteiger partial charge in [-0.3, -0.25) is 4.98 Å². The molecule has 1 N–H and O–H groups in total. The van der Waals surface area contributed by atoms with Crippen molar-refractivity contribution in [3.63, 3.8) is 0 Å². The molecule has 0 radical (unpaired) electrons. The Labute approximate surface area is 257 Å². The van der Waals surface area contributed by atoms with Crippen molar-refractivity contribution in [2.24, 2.45) is 0 Å². The van der Waals surface area contributed by atoms with Crippen molar-refractivity contribution in [1.82, 2.24) is 9.88 Å². The molecule has 1 aliphatic rings. The van der Waals surface area contributed by atoms with E-state index in [-0.39, 0.29) is 50.1 Å². The highest BCUT2D eigenvalue weighted by molar-refractivity contribution is 6.00. The number of ether oxygens (including phenoxy) is 3. The van der Waals surface area contributed by atoms with Crippen LogP contribution in [0.15, 0.2) is 67.0 Å². The fourth-order valence-electron chi connectivity index (χ4n) is 4.98. The molecule has 9 nitrogen and oxygen atoms in total. The van der Waals surface area contributed by atoms with Gasteiger partial charge in [-0.2, -0.15) is 13.2 Å². The number of nitrogens with one attached hydrogen (secondary N) is 1. The summed E-state index contributed by atoms with van der Waals surface area (Å²) in [5, 5.41) is 2.77. The van der Waals surface area contributed by atoms with Gasteiger partial charge >= 0.3 is 24.1 Å². The van der Waals surface area contributed by atoms with E-state index in [9.17, 15) is 31.9 Å². The lowest BCUT2D eigenvalue weighted by molar-refractivity contribution is -0.193. The van der Waals surface area contributed by atoms with Crippen LogP contribution in [0.4, 0.5) is 28.0 Å². The molecule has 240 valence electrons. The number of benzene rings is 2. The van der Waals surface area contributed by atoms with E-state index < -0.39 is 23.9 Å². The molecule has 1 heterocycles. The van der Waals surface area contributed by atoms with Gasteiger partial charge in [-0.25, -0.2) is 18.8 Å². The van der Waals surface area contributed by atoms with Crippen LogP contribution in [0.5, 0.6) is 0 Å². The van der Waals surface area contributed by atoms with Gasteiger partial charge in [0.25, 0.3) is 0 Å². The van der Waals surface area contributed by atoms with Crippen LogP contribution in [0.25, 0.3) is 0 Å². The molecule has 4 rings (SSSR count). The lowest BCUT2D eigenvalue weighted by Crippen LogP contribution is -2.38. The zero-order chi connectivity index (χ0) is 32.4. The summed E-state index contributed by atoms with van der Waals surface area (Å²) >= 11 is 0. The highest BCUT2D eigenvalue weighted by atomic mass is 19.4. The molecular weight excluding hydrogens is 598 g/mol. The minimum atomic E-state index is -5.30. The summed E-state index contributed by atoms with van der Waals surface area (Å²) in [6.07, 6.45) is 0.387. The molecule has 0 bridgehead atoms. The number of aryl methyl sites for hydroxylation is 1. The van der Waals surface area contributed by atoms with Crippen LogP contribution >= 0.6 is 0 Å². The second-order valence-electron chi connectivity index (χ2n) is 10.6. The van der Waals surface area contributed by atoms with Crippen molar-refractivity contribution in [2.75, 3.05) is 18.5 Å². The number of amides is 2. The first kappa shape index (κ1) is 33.5. The van der Waals surface area contributed by atoms with Gasteiger partial charge in [-0.05, 0) is 79.6 Å². The Balaban J connectivity index is 1.31. The van der Waals surface area contributed by atoms with Crippen LogP contribution < -0.4 is 5.32 Å². The van der Waals surface area contributed by atoms with Gasteiger partial charge in [-0.1, -0.05) is 24.3 Å². The van der Waals surface area contributed by atoms with Crippen LogP contribution in [0, 0.1) is 12.7 Å². The van der Waals surface area contributed by atoms with E-state index >= 15 is 0 Å². The fourth-order valence-corrected chi connectivity index (χ4v) is 4.98. The first-order valence-corrected chi connectivity index (χ1v) is 14.3. The Hall–Kier alpha value is -4.36. The lowest BCUT2D eigenvalue weighted by atomic mass is 9.94. The molecule has 45 heavy (non-hydrogen) atoms. The number of halogens is 4. The van der Waals surface area contributed by atoms with Gasteiger partial charge in [0.15, 0.2) is 0 Å². The quantitative estimate of drug-likeness (QED) is 0.149. The van der Waals surface area contributed by atoms with E-state index in [0.717, 1.165) is 18.4 Å². The Bertz CT molecular complexity index is 1450. The molecule has 1 fully saturated rings. The summed E-state index contributed by atoms with van der Waals surface area (Å²) in [6, 6.07) is 13.4. The average molecular weight is 632 g/mol. The van der Waals surface area contributed by atoms with Gasteiger partial charge in [0, 0.05) is 31.2 Å². The molecule has 1 aliphatic carbocycles. The molecule has 0 saturated heterocycles. The number of carbonyl (C=O) groups excluding carboxylic acids is 3. The maximum Gasteiger partial charge on any atom is 0.491 e. The van der Waals surface area contributed by atoms with Crippen molar-refractivity contribution < 1.29 is 46.2 Å². The van der Waals surface area contributed by atoms with Crippen LogP contribution in [-0.4, -0.2) is 59.4 Å². The predicted molar refractivity (Wildman–Crippen MR) is 155 cm³/mol. The number of hydrogen-bond donors (Lipinski definition) is 1. The van der Waals surface area contributed by atoms with Crippen LogP contribution in [0.1, 0.15) is 52.7 Å². The summed E-state index contributed by atoms with van der Waals surface area (Å²) < 4.78 is 67.4. The highest BCUT2D eigenvalue weighted by Crippen LogP contribution is 2.26. The summed E-state index contributed by atoms with van der Waals surface area (Å²) in [5.41, 5.74) is 1.77. The van der Waals surface area contributed by atoms with E-state index in [1.807, 2.05) is 6.07 Å². The Kier molecular flexibility index (Phi) is 11.6. The van der Waals surface area contributed by atoms with E-state index in [2.05, 4.69) is 15.0 Å². The number of nitrogens with zero attached hydrogens (tertiary/aromatic N) is 2. The molecule has 2 unspecified atom stereocenters. The summed E-state index contributed by atoms with van der Waals surface area (Å²) in [5.74, 6) is -4.39. The highest BCUT2D eigenvalue weighted by Gasteiger charge is 2.43. The summed E-state index contributed by atoms with van der Waals surface area (Å²) in [4.78, 5) is 42.4. The predicted octanol–water partition coefficient (Wildman–Crippen LogP) is 6.35. The number of hydrogen-bond acceptors (Lipinski definition) is 7. The van der Waals surface area contributed by atoms with Crippen molar-refractivity contribution in [3.05, 3.63) is 95.1 Å². The van der Waals surface area contributed by atoms with Crippen LogP contribution in [0.3, 0.4) is 0 Å². The van der Waals surface area contributed by atoms with Crippen molar-refractivity contribution >= 4 is 23.7 Å². The first-order chi connectivity index (χ1) is 21.5. The van der Waals surface area contributed by atoms with E-state index in [0.29, 0.717) is 29.7 Å². The minimum Gasteiger partial charge on any atom is -0.383 e. The number of alkyl halides is 3. The molecule has 2 amide bonds. The molecule has 3 aromatic rings. The topological polar surface area (TPSA) is 107 Å². The molecule has 2 aromatic carbocycles. The number of urea groups is 1. The van der Waals surface area contributed by atoms with Crippen LogP contribution in [0.2, 0.25) is 0 Å². The van der Waals surface area contributed by atoms with Gasteiger partial charge in [0.2, 0.25) is 0 Å². The van der Waals surface area contributed by atoms with Crippen molar-refractivity contribution in [2.45, 2.75) is 64.1 Å². The monoisotopic (exact) mass is 631 g/mol. The smallest absolute Gasteiger partial charge is 0.383 e. The normalized spacial score (nSPS) is 16.6. The van der Waals surface area contributed by atoms with Gasteiger partial charge in [0.1, 0.15) is 5.82 Å². The average Bonchev–Trinajstić information content (AvgIpc) is 3.01. The second kappa shape index (κ2) is 15.6. The Morgan fingerprint density at radius 2 is 1.73 bits per heavy atom. The maximum atomic E-state index is 13.3. The van der Waals surface area contributed by atoms with Gasteiger partial charge in [-0.15, -0.1) is 0 Å². The number of anilines is 1. The minimum absolute atomic E-state index is 0.0772. The summed E-state index contributed by atoms with van der Waals surface area (Å²) in [6.45, 7) is 2.22. The van der Waals surface area contributed by atoms with E-state index in [1.54, 1.807) is 29.4 Å². The molecule has 0 spiro atoms. The standard InChI is InChI=1S/C32H33F4N3O6/c1-21-5-2-7-23(28(21)29(40)45-30(41)32(34,35)36)20-44-27-9-3-8-26(17-27)43-16-15-39(19-22-6-4-14-37-18-22)31(42)38-25-12-10-24(33)11-13-25/h2,4-7,10-14,18,26-27H,3,8-9,15-17,19-20H2,1H3,(H,38,42). The molecular formula is C32H33F4N3O6. The van der Waals surface area contributed by atoms with Gasteiger partial charge < -0.3 is 24.4 Å². The largest absolute Gasteiger partial charge is 0.491 e. The molecule has 1 saturated carbocycles. The first-order valence-electron chi connectivity index (χ1n) is 14.3. The van der Waals surface area contributed by atoms with E-state index in [1.165, 1.54) is 43.3 Å². The fraction of sp³-hybridized carbons (Fsp3) is 0.375. The third kappa shape index (κ3) is 10.1. The van der Waals surface area contributed by atoms with E-state index in [4.69, 9.17) is 9.47 Å². The Morgan fingerprint density at radius 3 is 2.42 bits per heavy atom. The van der Waals surface area contributed by atoms with Crippen molar-refractivity contribution in [1.29, 1.82) is 0 Å². The third-order valence-electron chi connectivity index (χ3n) is 7.23. The molecule has 13 heteroatoms. The number of carbonyl (C=O) groups is 3. The number of pyridine rings is 1. The Morgan fingerprint density at radius 1 is 1.00 bits per heavy atom. The molecule has 2 atom stereocenters. The number of rotatable bonds is 11. The molecule has 1 aromatic heterocycles. The van der Waals surface area contributed by atoms with Crippen LogP contribution in [-0.2, 0) is 32.2 Å².